The van der Waals surface area contributed by atoms with Crippen molar-refractivity contribution < 1.29 is 9.53 Å². The number of anilines is 2. The smallest absolute Gasteiger partial charge is 0.319 e. The van der Waals surface area contributed by atoms with E-state index in [0.717, 1.165) is 37.0 Å². The molecule has 0 aliphatic heterocycles. The minimum Gasteiger partial charge on any atom is -0.497 e. The fraction of sp³-hybridized carbons (Fsp3) is 0.304. The quantitative estimate of drug-likeness (QED) is 0.506. The lowest BCUT2D eigenvalue weighted by atomic mass is 9.96. The van der Waals surface area contributed by atoms with Crippen LogP contribution < -0.4 is 21.1 Å². The average Bonchev–Trinajstić information content (AvgIpc) is 3.10. The van der Waals surface area contributed by atoms with Crippen LogP contribution >= 0.6 is 11.6 Å². The summed E-state index contributed by atoms with van der Waals surface area (Å²) in [6, 6.07) is 14.6. The van der Waals surface area contributed by atoms with E-state index in [9.17, 15) is 4.79 Å². The number of nitrogens with one attached hydrogen (secondary N) is 2. The number of amides is 2. The summed E-state index contributed by atoms with van der Waals surface area (Å²) in [6.07, 6.45) is 5.47. The number of urea groups is 1. The van der Waals surface area contributed by atoms with Crippen LogP contribution in [-0.4, -0.2) is 29.0 Å². The molecule has 1 fully saturated rings. The highest BCUT2D eigenvalue weighted by atomic mass is 35.5. The summed E-state index contributed by atoms with van der Waals surface area (Å²) in [4.78, 5) is 12.8. The number of aromatic nitrogens is 2. The van der Waals surface area contributed by atoms with Gasteiger partial charge in [0.25, 0.3) is 0 Å². The zero-order chi connectivity index (χ0) is 21.8. The zero-order valence-electron chi connectivity index (χ0n) is 17.4. The van der Waals surface area contributed by atoms with Gasteiger partial charge in [-0.15, -0.1) is 0 Å². The Kier molecular flexibility index (Phi) is 6.32. The van der Waals surface area contributed by atoms with Crippen LogP contribution in [0.25, 0.3) is 16.9 Å². The Labute approximate surface area is 186 Å². The van der Waals surface area contributed by atoms with E-state index < -0.39 is 0 Å². The Morgan fingerprint density at radius 2 is 1.84 bits per heavy atom. The molecular formula is C23H26ClN5O2. The average molecular weight is 440 g/mol. The highest BCUT2D eigenvalue weighted by molar-refractivity contribution is 6.32. The van der Waals surface area contributed by atoms with Gasteiger partial charge >= 0.3 is 6.03 Å². The van der Waals surface area contributed by atoms with E-state index in [1.54, 1.807) is 17.9 Å². The standard InChI is InChI=1S/C23H26ClN5O2/c1-31-17-13-11-15(12-14-17)20-21(27-23(30)26-16-7-3-2-4-8-16)22(25)29(28-20)19-10-6-5-9-18(19)24/h5-6,9-14,16H,2-4,7-8,25H2,1H3,(H2,26,27,30). The number of hydrogen-bond donors (Lipinski definition) is 3. The Morgan fingerprint density at radius 1 is 1.13 bits per heavy atom. The number of hydrogen-bond acceptors (Lipinski definition) is 4. The summed E-state index contributed by atoms with van der Waals surface area (Å²) in [5, 5.41) is 11.2. The Balaban J connectivity index is 1.70. The highest BCUT2D eigenvalue weighted by Gasteiger charge is 2.23. The molecule has 31 heavy (non-hydrogen) atoms. The summed E-state index contributed by atoms with van der Waals surface area (Å²) in [5.74, 6) is 1.03. The third-order valence-corrected chi connectivity index (χ3v) is 5.86. The van der Waals surface area contributed by atoms with Gasteiger partial charge in [0.1, 0.15) is 17.1 Å². The molecule has 0 radical (unpaired) electrons. The van der Waals surface area contributed by atoms with Crippen LogP contribution in [0.4, 0.5) is 16.3 Å². The minimum atomic E-state index is -0.285. The van der Waals surface area contributed by atoms with Gasteiger partial charge in [-0.1, -0.05) is 43.0 Å². The number of nitrogen functional groups attached to an aromatic ring is 1. The predicted octanol–water partition coefficient (Wildman–Crippen LogP) is 5.24. The molecule has 0 unspecified atom stereocenters. The van der Waals surface area contributed by atoms with E-state index in [2.05, 4.69) is 10.6 Å². The first kappa shape index (κ1) is 21.1. The molecule has 1 heterocycles. The van der Waals surface area contributed by atoms with Crippen LogP contribution in [0.2, 0.25) is 5.02 Å². The Morgan fingerprint density at radius 3 is 2.52 bits per heavy atom. The fourth-order valence-electron chi connectivity index (χ4n) is 3.89. The van der Waals surface area contributed by atoms with Gasteiger partial charge in [0.15, 0.2) is 5.82 Å². The van der Waals surface area contributed by atoms with Gasteiger partial charge in [0.05, 0.1) is 17.8 Å². The second-order valence-corrected chi connectivity index (χ2v) is 8.04. The number of carbonyl (C=O) groups is 1. The molecule has 0 saturated heterocycles. The summed E-state index contributed by atoms with van der Waals surface area (Å²) >= 11 is 6.38. The van der Waals surface area contributed by atoms with Gasteiger partial charge in [-0.3, -0.25) is 0 Å². The molecule has 162 valence electrons. The summed E-state index contributed by atoms with van der Waals surface area (Å²) in [5.41, 5.74) is 8.89. The van der Waals surface area contributed by atoms with Crippen molar-refractivity contribution in [3.05, 3.63) is 53.6 Å². The van der Waals surface area contributed by atoms with Gasteiger partial charge in [-0.05, 0) is 49.2 Å². The number of rotatable bonds is 5. The molecule has 4 N–H and O–H groups in total. The molecule has 8 heteroatoms. The molecule has 1 aromatic heterocycles. The van der Waals surface area contributed by atoms with Gasteiger partial charge < -0.3 is 21.1 Å². The molecule has 0 bridgehead atoms. The zero-order valence-corrected chi connectivity index (χ0v) is 18.2. The molecule has 1 aliphatic carbocycles. The van der Waals surface area contributed by atoms with Crippen molar-refractivity contribution in [2.75, 3.05) is 18.2 Å². The summed E-state index contributed by atoms with van der Waals surface area (Å²) in [7, 11) is 1.61. The predicted molar refractivity (Wildman–Crippen MR) is 124 cm³/mol. The van der Waals surface area contributed by atoms with Crippen LogP contribution in [0.1, 0.15) is 32.1 Å². The van der Waals surface area contributed by atoms with Gasteiger partial charge in [-0.25, -0.2) is 9.48 Å². The molecule has 3 aromatic rings. The van der Waals surface area contributed by atoms with Crippen molar-refractivity contribution >= 4 is 29.1 Å². The first-order valence-electron chi connectivity index (χ1n) is 10.4. The van der Waals surface area contributed by atoms with E-state index in [1.165, 1.54) is 6.42 Å². The maximum atomic E-state index is 12.8. The van der Waals surface area contributed by atoms with Crippen molar-refractivity contribution in [3.63, 3.8) is 0 Å². The molecule has 1 saturated carbocycles. The normalized spacial score (nSPS) is 14.3. The van der Waals surface area contributed by atoms with Gasteiger partial charge in [-0.2, -0.15) is 5.10 Å². The number of ether oxygens (including phenoxy) is 1. The maximum Gasteiger partial charge on any atom is 0.319 e. The van der Waals surface area contributed by atoms with Crippen LogP contribution in [0.5, 0.6) is 5.75 Å². The molecule has 7 nitrogen and oxygen atoms in total. The van der Waals surface area contributed by atoms with Crippen molar-refractivity contribution in [3.8, 4) is 22.7 Å². The van der Waals surface area contributed by atoms with Crippen molar-refractivity contribution in [2.45, 2.75) is 38.1 Å². The molecule has 2 amide bonds. The third-order valence-electron chi connectivity index (χ3n) is 5.54. The number of methoxy groups -OCH3 is 1. The Hall–Kier alpha value is -3.19. The monoisotopic (exact) mass is 439 g/mol. The first-order chi connectivity index (χ1) is 15.1. The molecule has 4 rings (SSSR count). The van der Waals surface area contributed by atoms with Crippen LogP contribution in [0, 0.1) is 0 Å². The largest absolute Gasteiger partial charge is 0.497 e. The van der Waals surface area contributed by atoms with Crippen molar-refractivity contribution in [2.24, 2.45) is 0 Å². The van der Waals surface area contributed by atoms with Gasteiger partial charge in [0.2, 0.25) is 0 Å². The Bertz CT molecular complexity index is 1060. The second-order valence-electron chi connectivity index (χ2n) is 7.63. The maximum absolute atomic E-state index is 12.8. The van der Waals surface area contributed by atoms with Crippen molar-refractivity contribution in [1.82, 2.24) is 15.1 Å². The summed E-state index contributed by atoms with van der Waals surface area (Å²) < 4.78 is 6.80. The third kappa shape index (κ3) is 4.61. The molecule has 1 aliphatic rings. The number of benzene rings is 2. The molecule has 0 spiro atoms. The van der Waals surface area contributed by atoms with E-state index >= 15 is 0 Å². The van der Waals surface area contributed by atoms with E-state index in [1.807, 2.05) is 42.5 Å². The van der Waals surface area contributed by atoms with E-state index in [0.29, 0.717) is 27.9 Å². The lowest BCUT2D eigenvalue weighted by Gasteiger charge is -2.22. The van der Waals surface area contributed by atoms with Crippen LogP contribution in [0.15, 0.2) is 48.5 Å². The van der Waals surface area contributed by atoms with E-state index in [4.69, 9.17) is 27.2 Å². The number of nitrogens with two attached hydrogens (primary N) is 1. The molecule has 0 atom stereocenters. The minimum absolute atomic E-state index is 0.179. The number of nitrogens with zero attached hydrogens (tertiary/aromatic N) is 2. The van der Waals surface area contributed by atoms with Crippen LogP contribution in [0.3, 0.4) is 0 Å². The van der Waals surface area contributed by atoms with Crippen molar-refractivity contribution in [1.29, 1.82) is 0 Å². The summed E-state index contributed by atoms with van der Waals surface area (Å²) in [6.45, 7) is 0. The number of carbonyl (C=O) groups excluding carboxylic acids is 1. The molecular weight excluding hydrogens is 414 g/mol. The SMILES string of the molecule is COc1ccc(-c2nn(-c3ccccc3Cl)c(N)c2NC(=O)NC2CCCCC2)cc1. The lowest BCUT2D eigenvalue weighted by Crippen LogP contribution is -2.39. The topological polar surface area (TPSA) is 94.2 Å². The number of para-hydroxylation sites is 1. The molecule has 2 aromatic carbocycles. The first-order valence-corrected chi connectivity index (χ1v) is 10.8. The van der Waals surface area contributed by atoms with Crippen LogP contribution in [-0.2, 0) is 0 Å². The second kappa shape index (κ2) is 9.31. The number of halogens is 1. The highest BCUT2D eigenvalue weighted by Crippen LogP contribution is 2.36. The fourth-order valence-corrected chi connectivity index (χ4v) is 4.11. The van der Waals surface area contributed by atoms with Gasteiger partial charge in [0, 0.05) is 11.6 Å². The lowest BCUT2D eigenvalue weighted by molar-refractivity contribution is 0.244. The van der Waals surface area contributed by atoms with E-state index in [-0.39, 0.29) is 12.1 Å².